The van der Waals surface area contributed by atoms with Gasteiger partial charge in [-0.1, -0.05) is 0 Å². The summed E-state index contributed by atoms with van der Waals surface area (Å²) in [5.41, 5.74) is 0. The molecule has 0 aliphatic rings. The van der Waals surface area contributed by atoms with E-state index in [9.17, 15) is 0 Å². The van der Waals surface area contributed by atoms with E-state index in [0.29, 0.717) is 0 Å². The van der Waals surface area contributed by atoms with E-state index in [1.807, 2.05) is 0 Å². The van der Waals surface area contributed by atoms with Crippen LogP contribution >= 0.6 is 0 Å². The van der Waals surface area contributed by atoms with Crippen molar-refractivity contribution in [3.8, 4) is 0 Å². The number of hydrogen-bond acceptors (Lipinski definition) is 0. The Bertz CT molecular complexity index is 3.61. The zero-order valence-corrected chi connectivity index (χ0v) is 2.00. The standard InChI is InChI=1S/Li.4H2O.H/h;4*1H2;. The minimum atomic E-state index is 0. The van der Waals surface area contributed by atoms with E-state index in [2.05, 4.69) is 0 Å². The zero-order valence-electron chi connectivity index (χ0n) is 2.00. The Kier molecular flexibility index (Phi) is 30700. The first-order valence-electron chi connectivity index (χ1n) is 0. The van der Waals surface area contributed by atoms with Crippen molar-refractivity contribution in [2.24, 2.45) is 0 Å². The molecular formula is H9LiO4. The van der Waals surface area contributed by atoms with Crippen LogP contribution in [0.2, 0.25) is 0 Å². The maximum absolute atomic E-state index is 0. The van der Waals surface area contributed by atoms with Crippen molar-refractivity contribution in [2.75, 3.05) is 0 Å². The van der Waals surface area contributed by atoms with Gasteiger partial charge in [0.05, 0.1) is 0 Å². The molecule has 0 rings (SSSR count). The van der Waals surface area contributed by atoms with Crippen LogP contribution in [0.5, 0.6) is 0 Å². The molecule has 8 N–H and O–H groups in total. The topological polar surface area (TPSA) is 126 Å². The van der Waals surface area contributed by atoms with Crippen molar-refractivity contribution in [3.63, 3.8) is 0 Å². The van der Waals surface area contributed by atoms with Crippen LogP contribution in [0.25, 0.3) is 0 Å². The Morgan fingerprint density at radius 2 is 0.400 bits per heavy atom. The molecule has 0 radical (unpaired) electrons. The average molecular weight is 80.0 g/mol. The maximum atomic E-state index is 0. The van der Waals surface area contributed by atoms with E-state index in [-0.39, 0.29) is 40.8 Å². The summed E-state index contributed by atoms with van der Waals surface area (Å²) >= 11 is 0. The molecule has 0 aliphatic heterocycles. The molecule has 0 aromatic heterocycles. The molecule has 0 aromatic rings. The van der Waals surface area contributed by atoms with Crippen molar-refractivity contribution in [1.29, 1.82) is 0 Å². The summed E-state index contributed by atoms with van der Waals surface area (Å²) < 4.78 is 0. The monoisotopic (exact) mass is 80.1 g/mol. The van der Waals surface area contributed by atoms with Crippen molar-refractivity contribution >= 4 is 18.9 Å². The summed E-state index contributed by atoms with van der Waals surface area (Å²) in [5.74, 6) is 0. The zero-order chi connectivity index (χ0) is 0. The molecule has 0 aliphatic carbocycles. The Hall–Kier alpha value is 0.437. The predicted octanol–water partition coefficient (Wildman–Crippen LogP) is -3.95. The van der Waals surface area contributed by atoms with Crippen molar-refractivity contribution < 1.29 is 21.9 Å². The van der Waals surface area contributed by atoms with Gasteiger partial charge in [-0.15, -0.1) is 0 Å². The van der Waals surface area contributed by atoms with Crippen LogP contribution in [0.1, 0.15) is 0 Å². The van der Waals surface area contributed by atoms with Gasteiger partial charge in [-0.25, -0.2) is 0 Å². The molecule has 0 aromatic carbocycles. The van der Waals surface area contributed by atoms with Gasteiger partial charge < -0.3 is 21.9 Å². The number of rotatable bonds is 0. The van der Waals surface area contributed by atoms with Crippen LogP contribution in [0.15, 0.2) is 0 Å². The van der Waals surface area contributed by atoms with Crippen LogP contribution in [0.3, 0.4) is 0 Å². The summed E-state index contributed by atoms with van der Waals surface area (Å²) in [5, 5.41) is 0. The molecule has 0 heterocycles. The van der Waals surface area contributed by atoms with Crippen molar-refractivity contribution in [2.45, 2.75) is 0 Å². The molecule has 0 saturated heterocycles. The fourth-order valence-corrected chi connectivity index (χ4v) is 0. The Balaban J connectivity index is 0. The first kappa shape index (κ1) is 560. The third kappa shape index (κ3) is 138. The SMILES string of the molecule is O.O.O.O.[LiH]. The minimum absolute atomic E-state index is 0. The molecule has 0 spiro atoms. The van der Waals surface area contributed by atoms with Gasteiger partial charge in [0.15, 0.2) is 0 Å². The molecule has 0 saturated carbocycles. The Morgan fingerprint density at radius 3 is 0.400 bits per heavy atom. The summed E-state index contributed by atoms with van der Waals surface area (Å²) in [4.78, 5) is 0. The second kappa shape index (κ2) is 274. The Morgan fingerprint density at radius 1 is 0.400 bits per heavy atom. The fourth-order valence-electron chi connectivity index (χ4n) is 0. The second-order valence-corrected chi connectivity index (χ2v) is 0. The molecule has 0 atom stereocenters. The molecule has 4 nitrogen and oxygen atoms in total. The quantitative estimate of drug-likeness (QED) is 0.263. The van der Waals surface area contributed by atoms with E-state index in [1.54, 1.807) is 0 Å². The third-order valence-corrected chi connectivity index (χ3v) is 0. The van der Waals surface area contributed by atoms with Crippen LogP contribution in [-0.2, 0) is 0 Å². The average Bonchev–Trinajstić information content (AvgIpc) is 0. The fraction of sp³-hybridized carbons (Fsp3) is 0. The normalized spacial score (nSPS) is 0. The molecule has 0 bridgehead atoms. The van der Waals surface area contributed by atoms with Gasteiger partial charge in [0, 0.05) is 0 Å². The first-order chi connectivity index (χ1) is 0. The van der Waals surface area contributed by atoms with Gasteiger partial charge in [0.2, 0.25) is 0 Å². The van der Waals surface area contributed by atoms with E-state index in [4.69, 9.17) is 0 Å². The molecule has 5 heteroatoms. The van der Waals surface area contributed by atoms with Crippen LogP contribution in [-0.4, -0.2) is 40.8 Å². The van der Waals surface area contributed by atoms with Crippen LogP contribution < -0.4 is 0 Å². The van der Waals surface area contributed by atoms with Crippen LogP contribution in [0.4, 0.5) is 0 Å². The Labute approximate surface area is 41.6 Å². The van der Waals surface area contributed by atoms with Gasteiger partial charge in [0.25, 0.3) is 0 Å². The molecule has 5 heavy (non-hydrogen) atoms. The summed E-state index contributed by atoms with van der Waals surface area (Å²) in [6.07, 6.45) is 0. The van der Waals surface area contributed by atoms with Gasteiger partial charge in [-0.3, -0.25) is 0 Å². The van der Waals surface area contributed by atoms with Crippen molar-refractivity contribution in [1.82, 2.24) is 0 Å². The predicted molar refractivity (Wildman–Crippen MR) is 21.6 cm³/mol. The molecular weight excluding hydrogens is 70.9 g/mol. The summed E-state index contributed by atoms with van der Waals surface area (Å²) in [6.45, 7) is 0. The van der Waals surface area contributed by atoms with E-state index in [1.165, 1.54) is 0 Å². The number of hydrogen-bond donors (Lipinski definition) is 0. The van der Waals surface area contributed by atoms with Gasteiger partial charge in [-0.2, -0.15) is 0 Å². The first-order valence-corrected chi connectivity index (χ1v) is 0. The van der Waals surface area contributed by atoms with Gasteiger partial charge in [0.1, 0.15) is 0 Å². The third-order valence-electron chi connectivity index (χ3n) is 0. The molecule has 0 amide bonds. The van der Waals surface area contributed by atoms with Gasteiger partial charge >= 0.3 is 18.9 Å². The summed E-state index contributed by atoms with van der Waals surface area (Å²) in [6, 6.07) is 0. The second-order valence-electron chi connectivity index (χ2n) is 0. The van der Waals surface area contributed by atoms with Crippen LogP contribution in [0, 0.1) is 0 Å². The van der Waals surface area contributed by atoms with E-state index >= 15 is 0 Å². The molecule has 0 fully saturated rings. The van der Waals surface area contributed by atoms with Gasteiger partial charge in [-0.05, 0) is 0 Å². The molecule has 34 valence electrons. The van der Waals surface area contributed by atoms with E-state index < -0.39 is 0 Å². The molecule has 0 unspecified atom stereocenters. The summed E-state index contributed by atoms with van der Waals surface area (Å²) in [7, 11) is 0. The van der Waals surface area contributed by atoms with E-state index in [0.717, 1.165) is 0 Å². The van der Waals surface area contributed by atoms with Crippen molar-refractivity contribution in [3.05, 3.63) is 0 Å².